The highest BCUT2D eigenvalue weighted by molar-refractivity contribution is 7.02. The average molecular weight is 1810 g/mol. The molecular formula is C124H132B3N7Si2. The summed E-state index contributed by atoms with van der Waals surface area (Å²) < 4.78 is 0. The quantitative estimate of drug-likeness (QED) is 0.119. The zero-order chi connectivity index (χ0) is 96.0. The van der Waals surface area contributed by atoms with E-state index < -0.39 is 16.1 Å². The lowest BCUT2D eigenvalue weighted by molar-refractivity contribution is 0.590. The molecule has 7 nitrogen and oxygen atoms in total. The van der Waals surface area contributed by atoms with Crippen molar-refractivity contribution in [1.82, 2.24) is 0 Å². The Morgan fingerprint density at radius 3 is 0.684 bits per heavy atom. The van der Waals surface area contributed by atoms with E-state index >= 15 is 0 Å². The van der Waals surface area contributed by atoms with Crippen molar-refractivity contribution in [3.63, 3.8) is 0 Å². The molecule has 0 atom stereocenters. The van der Waals surface area contributed by atoms with Crippen LogP contribution in [0, 0.1) is 27.7 Å². The molecule has 21 rings (SSSR count). The van der Waals surface area contributed by atoms with Crippen LogP contribution in [-0.4, -0.2) is 36.3 Å². The van der Waals surface area contributed by atoms with Crippen molar-refractivity contribution in [3.05, 3.63) is 347 Å². The zero-order valence-electron chi connectivity index (χ0n) is 85.6. The van der Waals surface area contributed by atoms with Gasteiger partial charge in [0.25, 0.3) is 20.1 Å². The van der Waals surface area contributed by atoms with Gasteiger partial charge in [-0.2, -0.15) is 0 Å². The van der Waals surface area contributed by atoms with Crippen LogP contribution >= 0.6 is 0 Å². The molecule has 15 aromatic carbocycles. The Morgan fingerprint density at radius 2 is 0.404 bits per heavy atom. The van der Waals surface area contributed by atoms with Crippen LogP contribution in [0.25, 0.3) is 0 Å². The van der Waals surface area contributed by atoms with Crippen molar-refractivity contribution in [2.45, 2.75) is 224 Å². The van der Waals surface area contributed by atoms with Crippen LogP contribution < -0.4 is 93.8 Å². The van der Waals surface area contributed by atoms with Crippen LogP contribution in [0.1, 0.15) is 180 Å². The molecule has 6 aliphatic rings. The fourth-order valence-electron chi connectivity index (χ4n) is 22.5. The summed E-state index contributed by atoms with van der Waals surface area (Å²) in [6.07, 6.45) is 0. The predicted molar refractivity (Wildman–Crippen MR) is 600 cm³/mol. The minimum atomic E-state index is -2.05. The van der Waals surface area contributed by atoms with Crippen molar-refractivity contribution in [2.75, 3.05) is 34.3 Å². The Balaban J connectivity index is 1.00. The lowest BCUT2D eigenvalue weighted by Gasteiger charge is -2.49. The summed E-state index contributed by atoms with van der Waals surface area (Å²) in [5.41, 5.74) is 46.9. The summed E-state index contributed by atoms with van der Waals surface area (Å²) in [4.78, 5) is 19.0. The number of anilines is 21. The minimum Gasteiger partial charge on any atom is -0.311 e. The van der Waals surface area contributed by atoms with Gasteiger partial charge in [-0.25, -0.2) is 0 Å². The van der Waals surface area contributed by atoms with Crippen molar-refractivity contribution >= 4 is 215 Å². The number of aryl methyl sites for hydroxylation is 4. The highest BCUT2D eigenvalue weighted by atomic mass is 28.3. The Labute approximate surface area is 814 Å². The molecule has 0 N–H and O–H groups in total. The first-order valence-electron chi connectivity index (χ1n) is 49.6. The maximum atomic E-state index is 2.86. The first-order chi connectivity index (χ1) is 64.2. The van der Waals surface area contributed by atoms with E-state index in [9.17, 15) is 0 Å². The van der Waals surface area contributed by atoms with E-state index in [1.165, 1.54) is 138 Å². The average Bonchev–Trinajstić information content (AvgIpc) is 0.681. The minimum absolute atomic E-state index is 0.0803. The second kappa shape index (κ2) is 31.5. The Morgan fingerprint density at radius 1 is 0.199 bits per heavy atom. The molecule has 0 saturated carbocycles. The van der Waals surface area contributed by atoms with Crippen molar-refractivity contribution in [3.8, 4) is 0 Å². The van der Waals surface area contributed by atoms with Gasteiger partial charge in [-0.15, -0.1) is 0 Å². The van der Waals surface area contributed by atoms with Crippen LogP contribution in [0.5, 0.6) is 0 Å². The monoisotopic (exact) mass is 1810 g/mol. The number of rotatable bonds is 11. The summed E-state index contributed by atoms with van der Waals surface area (Å²) in [5, 5.41) is 2.85. The second-order valence-electron chi connectivity index (χ2n) is 48.3. The molecule has 0 fully saturated rings. The molecule has 0 radical (unpaired) electrons. The molecule has 12 heteroatoms. The third-order valence-electron chi connectivity index (χ3n) is 30.3. The first kappa shape index (κ1) is 90.0. The highest BCUT2D eigenvalue weighted by Crippen LogP contribution is 2.60. The van der Waals surface area contributed by atoms with Crippen LogP contribution in [-0.2, 0) is 32.5 Å². The summed E-state index contributed by atoms with van der Waals surface area (Å²) in [5.74, 6) is 0. The molecule has 0 bridgehead atoms. The topological polar surface area (TPSA) is 22.7 Å². The molecule has 0 unspecified atom stereocenters. The van der Waals surface area contributed by atoms with Gasteiger partial charge in [-0.05, 0) is 288 Å². The molecule has 6 heterocycles. The van der Waals surface area contributed by atoms with Gasteiger partial charge in [0.05, 0.1) is 50.3 Å². The molecule has 0 saturated heterocycles. The van der Waals surface area contributed by atoms with E-state index in [2.05, 4.69) is 517 Å². The number of benzene rings is 15. The van der Waals surface area contributed by atoms with Gasteiger partial charge in [0, 0.05) is 85.3 Å². The number of nitrogens with zero attached hydrogens (tertiary/aromatic N) is 7. The Bertz CT molecular complexity index is 7350. The predicted octanol–water partition coefficient (Wildman–Crippen LogP) is 27.5. The van der Waals surface area contributed by atoms with Crippen LogP contribution in [0.3, 0.4) is 0 Å². The van der Waals surface area contributed by atoms with Gasteiger partial charge in [-0.3, -0.25) is 0 Å². The standard InChI is InChI=1S/C124H132B3N7Si2/c1-77-29-44-90(45-30-77)131-104-59-33-79(3)71-95(104)125-97-73-84(122(14,15)16)41-61-101(97)128(87-48-35-81(36-49-87)119(5,6)7)107-65-68-110(116(131)113(107)125)134(111-69-66-108-114-117(111)133(92-54-56-93(57-55-92)135(23,24)25)105-60-34-80(4)72-96(105)126(114)98-74-85(123(17,18)19)42-62-102(98)129(108)88-50-37-82(38-51-88)120(8,9)10)112-70-67-109-115-118(112)132(91-46-31-78(2)32-47-91)106-64-58-94(136(26,27)28)76-100(106)127(115)99-75-86(124(20,21)22)43-63-103(99)130(109)89-52-39-83(40-53-89)121(11,12)13/h29-76H,1-28H3. The smallest absolute Gasteiger partial charge is 0.252 e. The lowest BCUT2D eigenvalue weighted by atomic mass is 9.33. The first-order valence-corrected chi connectivity index (χ1v) is 56.6. The number of fused-ring (bicyclic) bond motifs is 12. The van der Waals surface area contributed by atoms with Gasteiger partial charge in [-0.1, -0.05) is 342 Å². The molecule has 136 heavy (non-hydrogen) atoms. The van der Waals surface area contributed by atoms with E-state index in [1.807, 2.05) is 0 Å². The summed E-state index contributed by atoms with van der Waals surface area (Å²) in [7, 11) is -3.94. The van der Waals surface area contributed by atoms with Gasteiger partial charge in [0.15, 0.2) is 0 Å². The van der Waals surface area contributed by atoms with E-state index in [-0.39, 0.29) is 52.6 Å². The SMILES string of the molecule is Cc1ccc(N2c3ccc(C)cc3B3c4cc(C(C)(C)C)ccc4N(c4ccc(C(C)(C)C)cc4)c4ccc(N(c5ccc6c7c5N(c5ccc([Si](C)(C)C)cc5)c5ccc(C)cc5B7c5cc(C(C)(C)C)ccc5N6c5ccc(C(C)(C)C)cc5)c5ccc6c7c5N(c5ccc(C)cc5)c5ccc([Si](C)(C)C)cc5B7c5cc(C(C)(C)C)ccc5N6c5ccc(C(C)(C)C)cc5)c2c43)cc1. The van der Waals surface area contributed by atoms with E-state index in [1.54, 1.807) is 0 Å². The van der Waals surface area contributed by atoms with Gasteiger partial charge >= 0.3 is 0 Å². The molecule has 680 valence electrons. The largest absolute Gasteiger partial charge is 0.311 e. The van der Waals surface area contributed by atoms with Crippen LogP contribution in [0.4, 0.5) is 119 Å². The van der Waals surface area contributed by atoms with Gasteiger partial charge in [0.2, 0.25) is 0 Å². The number of hydrogen-bond donors (Lipinski definition) is 0. The van der Waals surface area contributed by atoms with Crippen LogP contribution in [0.15, 0.2) is 291 Å². The fraction of sp³-hybridized carbons (Fsp3) is 0.274. The number of hydrogen-bond acceptors (Lipinski definition) is 7. The van der Waals surface area contributed by atoms with Gasteiger partial charge in [0.1, 0.15) is 0 Å². The molecule has 0 aliphatic carbocycles. The third kappa shape index (κ3) is 14.9. The summed E-state index contributed by atoms with van der Waals surface area (Å²) in [6.45, 7) is 66.0. The Kier molecular flexibility index (Phi) is 20.9. The second-order valence-corrected chi connectivity index (χ2v) is 58.5. The van der Waals surface area contributed by atoms with Gasteiger partial charge < -0.3 is 34.3 Å². The Hall–Kier alpha value is -12.5. The van der Waals surface area contributed by atoms with E-state index in [0.717, 1.165) is 96.7 Å². The summed E-state index contributed by atoms with van der Waals surface area (Å²) >= 11 is 0. The fourth-order valence-corrected chi connectivity index (χ4v) is 24.9. The molecular weight excluding hydrogens is 1680 g/mol. The molecule has 0 amide bonds. The van der Waals surface area contributed by atoms with Crippen LogP contribution in [0.2, 0.25) is 39.3 Å². The molecule has 15 aromatic rings. The lowest BCUT2D eigenvalue weighted by Crippen LogP contribution is -2.63. The highest BCUT2D eigenvalue weighted by Gasteiger charge is 2.53. The maximum absolute atomic E-state index is 2.86. The molecule has 0 aromatic heterocycles. The maximum Gasteiger partial charge on any atom is 0.252 e. The van der Waals surface area contributed by atoms with Crippen molar-refractivity contribution in [1.29, 1.82) is 0 Å². The third-order valence-corrected chi connectivity index (χ3v) is 34.4. The zero-order valence-corrected chi connectivity index (χ0v) is 87.6. The molecule has 6 aliphatic heterocycles. The van der Waals surface area contributed by atoms with E-state index in [4.69, 9.17) is 0 Å². The van der Waals surface area contributed by atoms with Crippen molar-refractivity contribution < 1.29 is 0 Å². The summed E-state index contributed by atoms with van der Waals surface area (Å²) in [6, 6.07) is 118. The van der Waals surface area contributed by atoms with E-state index in [0.29, 0.717) is 0 Å². The van der Waals surface area contributed by atoms with Crippen molar-refractivity contribution in [2.24, 2.45) is 0 Å². The normalized spacial score (nSPS) is 14.3. The molecule has 0 spiro atoms.